The Morgan fingerprint density at radius 2 is 1.97 bits per heavy atom. The van der Waals surface area contributed by atoms with Crippen molar-refractivity contribution < 1.29 is 18.7 Å². The number of likely N-dealkylation sites (tertiary alicyclic amines) is 1. The quantitative estimate of drug-likeness (QED) is 0.662. The predicted molar refractivity (Wildman–Crippen MR) is 104 cm³/mol. The molecule has 3 aromatic heterocycles. The maximum absolute atomic E-state index is 12.8. The summed E-state index contributed by atoms with van der Waals surface area (Å²) in [6.07, 6.45) is 3.97. The first-order valence-electron chi connectivity index (χ1n) is 10.1. The van der Waals surface area contributed by atoms with Gasteiger partial charge in [-0.2, -0.15) is 5.10 Å². The zero-order valence-electron chi connectivity index (χ0n) is 16.4. The molecule has 5 rings (SSSR count). The smallest absolute Gasteiger partial charge is 0.291 e. The van der Waals surface area contributed by atoms with E-state index in [-0.39, 0.29) is 11.5 Å². The van der Waals surface area contributed by atoms with E-state index >= 15 is 0 Å². The number of furan rings is 1. The zero-order valence-corrected chi connectivity index (χ0v) is 16.4. The van der Waals surface area contributed by atoms with Crippen LogP contribution in [0.4, 0.5) is 0 Å². The standard InChI is InChI=1S/C20H24N4O5/c1-14-21-23(19(26)16-13-17-15(24(14)16)4-10-27-17)7-2-3-18(25)22-8-5-20(6-9-22)28-11-12-29-20/h4,10,13H,2-3,5-9,11-12H2,1H3. The van der Waals surface area contributed by atoms with Gasteiger partial charge in [0.05, 0.1) is 25.0 Å². The summed E-state index contributed by atoms with van der Waals surface area (Å²) in [4.78, 5) is 27.2. The Morgan fingerprint density at radius 3 is 2.72 bits per heavy atom. The van der Waals surface area contributed by atoms with E-state index in [0.717, 1.165) is 5.52 Å². The molecule has 0 bridgehead atoms. The van der Waals surface area contributed by atoms with Crippen LogP contribution >= 0.6 is 0 Å². The summed E-state index contributed by atoms with van der Waals surface area (Å²) in [6, 6.07) is 3.56. The van der Waals surface area contributed by atoms with Crippen molar-refractivity contribution in [2.24, 2.45) is 0 Å². The van der Waals surface area contributed by atoms with Crippen molar-refractivity contribution >= 4 is 22.5 Å². The Balaban J connectivity index is 1.22. The van der Waals surface area contributed by atoms with Crippen molar-refractivity contribution in [2.45, 2.75) is 44.9 Å². The Morgan fingerprint density at radius 1 is 1.21 bits per heavy atom. The van der Waals surface area contributed by atoms with Gasteiger partial charge in [-0.3, -0.25) is 14.0 Å². The number of aryl methyl sites for hydroxylation is 2. The minimum Gasteiger partial charge on any atom is -0.463 e. The van der Waals surface area contributed by atoms with E-state index in [4.69, 9.17) is 13.9 Å². The van der Waals surface area contributed by atoms with E-state index in [9.17, 15) is 9.59 Å². The van der Waals surface area contributed by atoms with Gasteiger partial charge in [0.15, 0.2) is 11.4 Å². The Bertz CT molecular complexity index is 1110. The van der Waals surface area contributed by atoms with Gasteiger partial charge in [0.2, 0.25) is 5.91 Å². The third-order valence-electron chi connectivity index (χ3n) is 5.92. The first kappa shape index (κ1) is 18.4. The second-order valence-electron chi connectivity index (χ2n) is 7.70. The molecular formula is C20H24N4O5. The number of hydrogen-bond donors (Lipinski definition) is 0. The number of hydrogen-bond acceptors (Lipinski definition) is 6. The van der Waals surface area contributed by atoms with Gasteiger partial charge in [-0.1, -0.05) is 0 Å². The number of rotatable bonds is 4. The molecule has 1 spiro atoms. The maximum Gasteiger partial charge on any atom is 0.291 e. The molecule has 2 saturated heterocycles. The number of ether oxygens (including phenoxy) is 2. The molecule has 2 aliphatic rings. The van der Waals surface area contributed by atoms with E-state index in [1.807, 2.05) is 17.9 Å². The Kier molecular flexibility index (Phi) is 4.44. The van der Waals surface area contributed by atoms with Crippen LogP contribution in [0.5, 0.6) is 0 Å². The number of piperidine rings is 1. The lowest BCUT2D eigenvalue weighted by Gasteiger charge is -2.37. The molecule has 0 aliphatic carbocycles. The molecule has 0 N–H and O–H groups in total. The third-order valence-corrected chi connectivity index (χ3v) is 5.92. The lowest BCUT2D eigenvalue weighted by molar-refractivity contribution is -0.187. The highest BCUT2D eigenvalue weighted by atomic mass is 16.7. The highest BCUT2D eigenvalue weighted by molar-refractivity contribution is 5.82. The molecule has 2 aliphatic heterocycles. The van der Waals surface area contributed by atoms with Gasteiger partial charge in [-0.15, -0.1) is 0 Å². The number of aromatic nitrogens is 3. The maximum atomic E-state index is 12.8. The number of carbonyl (C=O) groups is 1. The van der Waals surface area contributed by atoms with Gasteiger partial charge in [0, 0.05) is 51.0 Å². The average Bonchev–Trinajstić information content (AvgIpc) is 3.42. The average molecular weight is 400 g/mol. The molecule has 0 saturated carbocycles. The topological polar surface area (TPSA) is 91.2 Å². The van der Waals surface area contributed by atoms with Crippen LogP contribution in [-0.4, -0.2) is 57.1 Å². The van der Waals surface area contributed by atoms with Crippen molar-refractivity contribution in [3.8, 4) is 0 Å². The normalized spacial score (nSPS) is 19.0. The molecule has 0 unspecified atom stereocenters. The van der Waals surface area contributed by atoms with Crippen LogP contribution in [-0.2, 0) is 20.8 Å². The molecule has 9 nitrogen and oxygen atoms in total. The zero-order chi connectivity index (χ0) is 20.0. The van der Waals surface area contributed by atoms with Crippen LogP contribution in [0.1, 0.15) is 31.5 Å². The molecule has 154 valence electrons. The van der Waals surface area contributed by atoms with Crippen LogP contribution in [0.2, 0.25) is 0 Å². The number of amides is 1. The number of fused-ring (bicyclic) bond motifs is 3. The summed E-state index contributed by atoms with van der Waals surface area (Å²) in [6.45, 7) is 4.81. The van der Waals surface area contributed by atoms with E-state index in [0.29, 0.717) is 75.5 Å². The fourth-order valence-corrected chi connectivity index (χ4v) is 4.40. The highest BCUT2D eigenvalue weighted by Gasteiger charge is 2.40. The molecule has 5 heterocycles. The van der Waals surface area contributed by atoms with E-state index in [1.165, 1.54) is 4.68 Å². The second kappa shape index (κ2) is 7.00. The van der Waals surface area contributed by atoms with E-state index in [2.05, 4.69) is 5.10 Å². The minimum absolute atomic E-state index is 0.101. The monoisotopic (exact) mass is 400 g/mol. The lowest BCUT2D eigenvalue weighted by Crippen LogP contribution is -2.47. The second-order valence-corrected chi connectivity index (χ2v) is 7.70. The highest BCUT2D eigenvalue weighted by Crippen LogP contribution is 2.31. The molecule has 1 amide bonds. The van der Waals surface area contributed by atoms with Crippen LogP contribution in [0.15, 0.2) is 27.6 Å². The summed E-state index contributed by atoms with van der Waals surface area (Å²) in [5.74, 6) is 0.335. The van der Waals surface area contributed by atoms with Gasteiger partial charge >= 0.3 is 0 Å². The van der Waals surface area contributed by atoms with Gasteiger partial charge in [0.25, 0.3) is 5.56 Å². The summed E-state index contributed by atoms with van der Waals surface area (Å²) < 4.78 is 20.1. The van der Waals surface area contributed by atoms with Crippen LogP contribution in [0.25, 0.3) is 16.6 Å². The molecular weight excluding hydrogens is 376 g/mol. The summed E-state index contributed by atoms with van der Waals surface area (Å²) in [7, 11) is 0. The molecule has 0 radical (unpaired) electrons. The van der Waals surface area contributed by atoms with Crippen LogP contribution in [0.3, 0.4) is 0 Å². The minimum atomic E-state index is -0.475. The first-order chi connectivity index (χ1) is 14.1. The lowest BCUT2D eigenvalue weighted by atomic mass is 10.0. The predicted octanol–water partition coefficient (Wildman–Crippen LogP) is 1.70. The van der Waals surface area contributed by atoms with Gasteiger partial charge in [0.1, 0.15) is 11.3 Å². The van der Waals surface area contributed by atoms with Crippen molar-refractivity contribution in [1.82, 2.24) is 19.1 Å². The molecule has 9 heteroatoms. The van der Waals surface area contributed by atoms with E-state index in [1.54, 1.807) is 16.7 Å². The first-order valence-corrected chi connectivity index (χ1v) is 10.1. The van der Waals surface area contributed by atoms with Gasteiger partial charge < -0.3 is 18.8 Å². The molecule has 3 aromatic rings. The molecule has 2 fully saturated rings. The Hall–Kier alpha value is -2.65. The van der Waals surface area contributed by atoms with E-state index < -0.39 is 5.79 Å². The number of nitrogens with zero attached hydrogens (tertiary/aromatic N) is 4. The molecule has 0 aromatic carbocycles. The largest absolute Gasteiger partial charge is 0.463 e. The van der Waals surface area contributed by atoms with Crippen molar-refractivity contribution in [3.63, 3.8) is 0 Å². The number of carbonyl (C=O) groups excluding carboxylic acids is 1. The Labute approximate surface area is 166 Å². The van der Waals surface area contributed by atoms with Gasteiger partial charge in [-0.25, -0.2) is 4.68 Å². The van der Waals surface area contributed by atoms with Crippen molar-refractivity contribution in [2.75, 3.05) is 26.3 Å². The van der Waals surface area contributed by atoms with Gasteiger partial charge in [-0.05, 0) is 13.3 Å². The summed E-state index contributed by atoms with van der Waals surface area (Å²) >= 11 is 0. The summed E-state index contributed by atoms with van der Waals surface area (Å²) in [5, 5.41) is 4.43. The van der Waals surface area contributed by atoms with Crippen LogP contribution < -0.4 is 5.56 Å². The van der Waals surface area contributed by atoms with Crippen LogP contribution in [0, 0.1) is 6.92 Å². The molecule has 29 heavy (non-hydrogen) atoms. The summed E-state index contributed by atoms with van der Waals surface area (Å²) in [5.41, 5.74) is 1.86. The fraction of sp³-hybridized carbons (Fsp3) is 0.550. The molecule has 0 atom stereocenters. The fourth-order valence-electron chi connectivity index (χ4n) is 4.40. The SMILES string of the molecule is Cc1nn(CCCC(=O)N2CCC3(CC2)OCCO3)c(=O)c2cc3occc3n12. The third kappa shape index (κ3) is 3.14. The van der Waals surface area contributed by atoms with Crippen molar-refractivity contribution in [1.29, 1.82) is 0 Å². The van der Waals surface area contributed by atoms with Crippen molar-refractivity contribution in [3.05, 3.63) is 34.6 Å².